The molecule has 1 aliphatic heterocycles. The third kappa shape index (κ3) is 5.20. The van der Waals surface area contributed by atoms with Crippen molar-refractivity contribution < 1.29 is 14.3 Å². The van der Waals surface area contributed by atoms with Crippen molar-refractivity contribution in [1.29, 1.82) is 0 Å². The molecule has 0 atom stereocenters. The first kappa shape index (κ1) is 21.7. The summed E-state index contributed by atoms with van der Waals surface area (Å²) in [7, 11) is 3.26. The number of thioether (sulfide) groups is 1. The summed E-state index contributed by atoms with van der Waals surface area (Å²) >= 11 is 1.82. The van der Waals surface area contributed by atoms with E-state index in [1.807, 2.05) is 59.2 Å². The van der Waals surface area contributed by atoms with Gasteiger partial charge in [-0.3, -0.25) is 14.8 Å². The van der Waals surface area contributed by atoms with Gasteiger partial charge in [-0.25, -0.2) is 0 Å². The zero-order valence-electron chi connectivity index (χ0n) is 17.9. The Labute approximate surface area is 191 Å². The maximum absolute atomic E-state index is 12.3. The molecule has 0 fully saturated rings. The number of nitrogens with one attached hydrogen (secondary N) is 1. The van der Waals surface area contributed by atoms with E-state index in [2.05, 4.69) is 10.3 Å². The largest absolute Gasteiger partial charge is 0.493 e. The van der Waals surface area contributed by atoms with Crippen LogP contribution in [0.3, 0.4) is 0 Å². The molecule has 1 aliphatic rings. The summed E-state index contributed by atoms with van der Waals surface area (Å²) in [6.45, 7) is 0.681. The summed E-state index contributed by atoms with van der Waals surface area (Å²) in [5.41, 5.74) is 4.40. The fourth-order valence-electron chi connectivity index (χ4n) is 3.32. The van der Waals surface area contributed by atoms with Gasteiger partial charge < -0.3 is 14.8 Å². The molecule has 7 nitrogen and oxygen atoms in total. The van der Waals surface area contributed by atoms with Crippen LogP contribution in [0.5, 0.6) is 11.5 Å². The van der Waals surface area contributed by atoms with Crippen molar-refractivity contribution >= 4 is 29.1 Å². The zero-order chi connectivity index (χ0) is 22.3. The van der Waals surface area contributed by atoms with Crippen molar-refractivity contribution in [2.45, 2.75) is 6.54 Å². The highest BCUT2D eigenvalue weighted by atomic mass is 32.2. The van der Waals surface area contributed by atoms with Gasteiger partial charge in [0.05, 0.1) is 37.9 Å². The fraction of sp³-hybridized carbons (Fsp3) is 0.208. The predicted octanol–water partition coefficient (Wildman–Crippen LogP) is 4.26. The standard InChI is InChI=1S/C24H24N4O3S/c1-30-22-10-7-18(12-23(22)31-2)21-15-32-16-28(27-21)14-17-5-8-20(9-6-17)26-24(29)19-4-3-11-25-13-19/h3-13H,14-16H2,1-2H3,(H,26,29). The van der Waals surface area contributed by atoms with Crippen LogP contribution in [-0.2, 0) is 6.54 Å². The number of ether oxygens (including phenoxy) is 2. The first-order valence-corrected chi connectivity index (χ1v) is 11.2. The van der Waals surface area contributed by atoms with E-state index in [-0.39, 0.29) is 5.91 Å². The number of carbonyl (C=O) groups excluding carboxylic acids is 1. The Balaban J connectivity index is 1.42. The van der Waals surface area contributed by atoms with Crippen molar-refractivity contribution in [3.05, 3.63) is 83.7 Å². The number of methoxy groups -OCH3 is 2. The lowest BCUT2D eigenvalue weighted by Crippen LogP contribution is -2.25. The van der Waals surface area contributed by atoms with E-state index in [4.69, 9.17) is 14.6 Å². The highest BCUT2D eigenvalue weighted by Crippen LogP contribution is 2.29. The Morgan fingerprint density at radius 2 is 1.91 bits per heavy atom. The lowest BCUT2D eigenvalue weighted by atomic mass is 10.1. The predicted molar refractivity (Wildman–Crippen MR) is 128 cm³/mol. The van der Waals surface area contributed by atoms with Gasteiger partial charge in [0, 0.05) is 29.4 Å². The van der Waals surface area contributed by atoms with E-state index < -0.39 is 0 Å². The van der Waals surface area contributed by atoms with Crippen LogP contribution >= 0.6 is 11.8 Å². The maximum atomic E-state index is 12.3. The number of amides is 1. The number of hydrazone groups is 1. The van der Waals surface area contributed by atoms with Gasteiger partial charge in [-0.05, 0) is 48.0 Å². The molecule has 1 aromatic heterocycles. The molecule has 0 spiro atoms. The normalized spacial score (nSPS) is 13.3. The van der Waals surface area contributed by atoms with Crippen LogP contribution in [0.25, 0.3) is 0 Å². The molecule has 0 saturated heterocycles. The summed E-state index contributed by atoms with van der Waals surface area (Å²) < 4.78 is 10.8. The van der Waals surface area contributed by atoms with Gasteiger partial charge in [0.25, 0.3) is 5.91 Å². The van der Waals surface area contributed by atoms with Gasteiger partial charge in [0.1, 0.15) is 0 Å². The molecule has 32 heavy (non-hydrogen) atoms. The minimum absolute atomic E-state index is 0.178. The number of carbonyl (C=O) groups is 1. The van der Waals surface area contributed by atoms with Gasteiger partial charge in [-0.2, -0.15) is 5.10 Å². The first-order chi connectivity index (χ1) is 15.7. The van der Waals surface area contributed by atoms with Crippen LogP contribution in [0.2, 0.25) is 0 Å². The Morgan fingerprint density at radius 1 is 1.09 bits per heavy atom. The van der Waals surface area contributed by atoms with E-state index >= 15 is 0 Å². The summed E-state index contributed by atoms with van der Waals surface area (Å²) in [5, 5.41) is 9.78. The number of hydrogen-bond acceptors (Lipinski definition) is 7. The topological polar surface area (TPSA) is 76.0 Å². The van der Waals surface area contributed by atoms with Gasteiger partial charge in [-0.1, -0.05) is 12.1 Å². The van der Waals surface area contributed by atoms with Crippen LogP contribution in [0.4, 0.5) is 5.69 Å². The van der Waals surface area contributed by atoms with Gasteiger partial charge >= 0.3 is 0 Å². The van der Waals surface area contributed by atoms with Crippen molar-refractivity contribution in [2.75, 3.05) is 31.2 Å². The van der Waals surface area contributed by atoms with E-state index in [1.165, 1.54) is 0 Å². The summed E-state index contributed by atoms with van der Waals surface area (Å²) in [6.07, 6.45) is 3.19. The molecule has 0 radical (unpaired) electrons. The Morgan fingerprint density at radius 3 is 2.62 bits per heavy atom. The second kappa shape index (κ2) is 10.2. The number of anilines is 1. The SMILES string of the molecule is COc1ccc(C2=NN(Cc3ccc(NC(=O)c4cccnc4)cc3)CSC2)cc1OC. The van der Waals surface area contributed by atoms with Crippen LogP contribution in [0.1, 0.15) is 21.5 Å². The third-order valence-corrected chi connectivity index (χ3v) is 5.92. The monoisotopic (exact) mass is 448 g/mol. The number of hydrogen-bond donors (Lipinski definition) is 1. The molecular formula is C24H24N4O3S. The number of benzene rings is 2. The molecule has 0 saturated carbocycles. The van der Waals surface area contributed by atoms with Gasteiger partial charge in [0.2, 0.25) is 0 Å². The quantitative estimate of drug-likeness (QED) is 0.582. The molecule has 3 aromatic rings. The zero-order valence-corrected chi connectivity index (χ0v) is 18.8. The van der Waals surface area contributed by atoms with Gasteiger partial charge in [0.15, 0.2) is 11.5 Å². The molecule has 8 heteroatoms. The van der Waals surface area contributed by atoms with Crippen LogP contribution in [0.15, 0.2) is 72.1 Å². The van der Waals surface area contributed by atoms with Crippen molar-refractivity contribution in [2.24, 2.45) is 5.10 Å². The molecule has 1 N–H and O–H groups in total. The summed E-state index contributed by atoms with van der Waals surface area (Å²) in [5.74, 6) is 2.87. The molecule has 0 unspecified atom stereocenters. The molecular weight excluding hydrogens is 424 g/mol. The maximum Gasteiger partial charge on any atom is 0.257 e. The van der Waals surface area contributed by atoms with Crippen LogP contribution < -0.4 is 14.8 Å². The van der Waals surface area contributed by atoms with E-state index in [0.29, 0.717) is 23.6 Å². The highest BCUT2D eigenvalue weighted by Gasteiger charge is 2.16. The molecule has 2 aromatic carbocycles. The average molecular weight is 449 g/mol. The Bertz CT molecular complexity index is 1100. The van der Waals surface area contributed by atoms with Crippen LogP contribution in [0, 0.1) is 0 Å². The highest BCUT2D eigenvalue weighted by molar-refractivity contribution is 8.00. The smallest absolute Gasteiger partial charge is 0.257 e. The van der Waals surface area contributed by atoms with Crippen molar-refractivity contribution in [3.8, 4) is 11.5 Å². The van der Waals surface area contributed by atoms with Crippen molar-refractivity contribution in [1.82, 2.24) is 9.99 Å². The second-order valence-corrected chi connectivity index (χ2v) is 8.11. The molecule has 1 amide bonds. The molecule has 0 bridgehead atoms. The number of nitrogens with zero attached hydrogens (tertiary/aromatic N) is 3. The van der Waals surface area contributed by atoms with E-state index in [1.54, 1.807) is 38.7 Å². The van der Waals surface area contributed by atoms with E-state index in [9.17, 15) is 4.79 Å². The lowest BCUT2D eigenvalue weighted by molar-refractivity contribution is 0.102. The molecule has 2 heterocycles. The molecule has 4 rings (SSSR count). The molecule has 164 valence electrons. The second-order valence-electron chi connectivity index (χ2n) is 7.15. The van der Waals surface area contributed by atoms with Crippen LogP contribution in [-0.4, -0.2) is 47.5 Å². The minimum atomic E-state index is -0.178. The van der Waals surface area contributed by atoms with E-state index in [0.717, 1.165) is 34.2 Å². The number of aromatic nitrogens is 1. The van der Waals surface area contributed by atoms with Crippen molar-refractivity contribution in [3.63, 3.8) is 0 Å². The van der Waals surface area contributed by atoms with Gasteiger partial charge in [-0.15, -0.1) is 11.8 Å². The fourth-order valence-corrected chi connectivity index (χ4v) is 4.19. The Kier molecular flexibility index (Phi) is 6.91. The minimum Gasteiger partial charge on any atom is -0.493 e. The Hall–Kier alpha value is -3.52. The third-order valence-electron chi connectivity index (χ3n) is 4.96. The number of rotatable bonds is 7. The summed E-state index contributed by atoms with van der Waals surface area (Å²) in [4.78, 5) is 16.3. The first-order valence-electron chi connectivity index (χ1n) is 10.1. The number of pyridine rings is 1. The molecule has 0 aliphatic carbocycles. The average Bonchev–Trinajstić information content (AvgIpc) is 2.85. The summed E-state index contributed by atoms with van der Waals surface area (Å²) in [6, 6.07) is 17.2. The lowest BCUT2D eigenvalue weighted by Gasteiger charge is -2.25.